The molecule has 2 unspecified atom stereocenters. The normalized spacial score (nSPS) is 25.5. The minimum absolute atomic E-state index is 0.0885. The Morgan fingerprint density at radius 1 is 1.21 bits per heavy atom. The number of benzene rings is 1. The van der Waals surface area contributed by atoms with E-state index in [9.17, 15) is 9.59 Å². The molecule has 5 rings (SSSR count). The predicted octanol–water partition coefficient (Wildman–Crippen LogP) is 2.52. The minimum atomic E-state index is -0.862. The number of fused-ring (bicyclic) bond motifs is 2. The Balaban J connectivity index is 1.65. The SMILES string of the molecule is CC1=C(C(=O)N2CCC3(C(=O)Nc4ccccc43)C2c2cccnc2)OCCO1. The van der Waals surface area contributed by atoms with E-state index in [-0.39, 0.29) is 17.6 Å². The molecule has 3 aliphatic heterocycles. The average molecular weight is 391 g/mol. The third kappa shape index (κ3) is 2.53. The predicted molar refractivity (Wildman–Crippen MR) is 105 cm³/mol. The Kier molecular flexibility index (Phi) is 4.04. The maximum absolute atomic E-state index is 13.5. The highest BCUT2D eigenvalue weighted by molar-refractivity contribution is 6.08. The summed E-state index contributed by atoms with van der Waals surface area (Å²) in [5, 5.41) is 3.01. The summed E-state index contributed by atoms with van der Waals surface area (Å²) >= 11 is 0. The summed E-state index contributed by atoms with van der Waals surface area (Å²) in [7, 11) is 0. The number of allylic oxidation sites excluding steroid dienone is 1. The van der Waals surface area contributed by atoms with Gasteiger partial charge in [-0.15, -0.1) is 0 Å². The van der Waals surface area contributed by atoms with Crippen LogP contribution in [0.15, 0.2) is 60.3 Å². The number of rotatable bonds is 2. The number of carbonyl (C=O) groups excluding carboxylic acids is 2. The second-order valence-electron chi connectivity index (χ2n) is 7.49. The summed E-state index contributed by atoms with van der Waals surface area (Å²) in [6.45, 7) is 2.92. The topological polar surface area (TPSA) is 80.8 Å². The zero-order valence-electron chi connectivity index (χ0n) is 16.1. The molecule has 1 spiro atoms. The number of carbonyl (C=O) groups is 2. The van der Waals surface area contributed by atoms with Crippen molar-refractivity contribution in [2.45, 2.75) is 24.8 Å². The number of para-hydroxylation sites is 1. The van der Waals surface area contributed by atoms with Crippen LogP contribution in [0.2, 0.25) is 0 Å². The summed E-state index contributed by atoms with van der Waals surface area (Å²) in [6, 6.07) is 10.9. The molecule has 3 aliphatic rings. The molecule has 1 fully saturated rings. The summed E-state index contributed by atoms with van der Waals surface area (Å²) in [6.07, 6.45) is 3.94. The van der Waals surface area contributed by atoms with Gasteiger partial charge >= 0.3 is 0 Å². The van der Waals surface area contributed by atoms with Crippen molar-refractivity contribution in [1.82, 2.24) is 9.88 Å². The molecular formula is C22H21N3O4. The van der Waals surface area contributed by atoms with Gasteiger partial charge in [-0.1, -0.05) is 24.3 Å². The molecule has 0 aliphatic carbocycles. The van der Waals surface area contributed by atoms with Crippen LogP contribution in [0.3, 0.4) is 0 Å². The summed E-state index contributed by atoms with van der Waals surface area (Å²) < 4.78 is 11.2. The average Bonchev–Trinajstić information content (AvgIpc) is 3.28. The monoisotopic (exact) mass is 391 g/mol. The summed E-state index contributed by atoms with van der Waals surface area (Å²) in [5.41, 5.74) is 1.67. The van der Waals surface area contributed by atoms with Crippen molar-refractivity contribution in [2.24, 2.45) is 0 Å². The molecular weight excluding hydrogens is 370 g/mol. The van der Waals surface area contributed by atoms with Crippen LogP contribution in [0.4, 0.5) is 5.69 Å². The number of hydrogen-bond acceptors (Lipinski definition) is 5. The highest BCUT2D eigenvalue weighted by Gasteiger charge is 2.59. The van der Waals surface area contributed by atoms with Gasteiger partial charge in [0, 0.05) is 24.6 Å². The van der Waals surface area contributed by atoms with Crippen LogP contribution in [0.1, 0.15) is 30.5 Å². The molecule has 148 valence electrons. The molecule has 0 bridgehead atoms. The van der Waals surface area contributed by atoms with E-state index in [2.05, 4.69) is 10.3 Å². The van der Waals surface area contributed by atoms with Gasteiger partial charge in [0.15, 0.2) is 0 Å². The zero-order valence-corrected chi connectivity index (χ0v) is 16.1. The summed E-state index contributed by atoms with van der Waals surface area (Å²) in [5.74, 6) is 0.344. The van der Waals surface area contributed by atoms with Gasteiger partial charge in [0.25, 0.3) is 5.91 Å². The van der Waals surface area contributed by atoms with E-state index in [4.69, 9.17) is 9.47 Å². The third-order valence-electron chi connectivity index (χ3n) is 6.01. The highest BCUT2D eigenvalue weighted by Crippen LogP contribution is 2.54. The van der Waals surface area contributed by atoms with Crippen molar-refractivity contribution in [3.8, 4) is 0 Å². The number of ether oxygens (including phenoxy) is 2. The first kappa shape index (κ1) is 17.7. The molecule has 7 heteroatoms. The molecule has 29 heavy (non-hydrogen) atoms. The fourth-order valence-electron chi connectivity index (χ4n) is 4.76. The molecule has 7 nitrogen and oxygen atoms in total. The number of nitrogens with one attached hydrogen (secondary N) is 1. The quantitative estimate of drug-likeness (QED) is 0.851. The van der Waals surface area contributed by atoms with Crippen LogP contribution in [-0.4, -0.2) is 41.5 Å². The van der Waals surface area contributed by atoms with Crippen LogP contribution in [0.25, 0.3) is 0 Å². The fraction of sp³-hybridized carbons (Fsp3) is 0.318. The lowest BCUT2D eigenvalue weighted by molar-refractivity contribution is -0.135. The van der Waals surface area contributed by atoms with E-state index in [1.165, 1.54) is 0 Å². The maximum atomic E-state index is 13.5. The van der Waals surface area contributed by atoms with Gasteiger partial charge in [-0.3, -0.25) is 14.6 Å². The number of anilines is 1. The molecule has 1 saturated heterocycles. The molecule has 0 radical (unpaired) electrons. The van der Waals surface area contributed by atoms with E-state index in [0.717, 1.165) is 16.8 Å². The van der Waals surface area contributed by atoms with Gasteiger partial charge in [-0.25, -0.2) is 0 Å². The smallest absolute Gasteiger partial charge is 0.293 e. The molecule has 0 saturated carbocycles. The second kappa shape index (κ2) is 6.62. The van der Waals surface area contributed by atoms with Crippen LogP contribution < -0.4 is 5.32 Å². The van der Waals surface area contributed by atoms with Gasteiger partial charge < -0.3 is 19.7 Å². The number of pyridine rings is 1. The molecule has 4 heterocycles. The van der Waals surface area contributed by atoms with E-state index < -0.39 is 11.5 Å². The number of hydrogen-bond donors (Lipinski definition) is 1. The van der Waals surface area contributed by atoms with E-state index >= 15 is 0 Å². The van der Waals surface area contributed by atoms with Crippen LogP contribution in [0, 0.1) is 0 Å². The number of likely N-dealkylation sites (tertiary alicyclic amines) is 1. The molecule has 2 aromatic rings. The molecule has 1 aromatic heterocycles. The molecule has 2 atom stereocenters. The highest BCUT2D eigenvalue weighted by atomic mass is 16.6. The van der Waals surface area contributed by atoms with Crippen molar-refractivity contribution in [3.05, 3.63) is 71.4 Å². The second-order valence-corrected chi connectivity index (χ2v) is 7.49. The Labute approximate surface area is 168 Å². The zero-order chi connectivity index (χ0) is 20.0. The van der Waals surface area contributed by atoms with Crippen molar-refractivity contribution in [3.63, 3.8) is 0 Å². The maximum Gasteiger partial charge on any atom is 0.293 e. The van der Waals surface area contributed by atoms with Gasteiger partial charge in [-0.05, 0) is 36.6 Å². The van der Waals surface area contributed by atoms with Crippen LogP contribution >= 0.6 is 0 Å². The summed E-state index contributed by atoms with van der Waals surface area (Å²) in [4.78, 5) is 32.8. The lowest BCUT2D eigenvalue weighted by atomic mass is 9.73. The van der Waals surface area contributed by atoms with Crippen molar-refractivity contribution >= 4 is 17.5 Å². The van der Waals surface area contributed by atoms with E-state index in [0.29, 0.717) is 31.9 Å². The Bertz CT molecular complexity index is 1020. The first-order valence-electron chi connectivity index (χ1n) is 9.71. The van der Waals surface area contributed by atoms with Crippen molar-refractivity contribution in [2.75, 3.05) is 25.1 Å². The number of aromatic nitrogens is 1. The van der Waals surface area contributed by atoms with Gasteiger partial charge in [0.05, 0.1) is 6.04 Å². The van der Waals surface area contributed by atoms with Crippen LogP contribution in [0.5, 0.6) is 0 Å². The molecule has 1 N–H and O–H groups in total. The third-order valence-corrected chi connectivity index (χ3v) is 6.01. The lowest BCUT2D eigenvalue weighted by Gasteiger charge is -2.35. The Morgan fingerprint density at radius 3 is 2.83 bits per heavy atom. The standard InChI is InChI=1S/C22H21N3O4/c1-14-18(29-12-11-28-14)20(26)25-10-8-22(19(25)15-5-4-9-23-13-15)16-6-2-3-7-17(16)24-21(22)27/h2-7,9,13,19H,8,10-12H2,1H3,(H,24,27). The Hall–Kier alpha value is -3.35. The van der Waals surface area contributed by atoms with Gasteiger partial charge in [-0.2, -0.15) is 0 Å². The Morgan fingerprint density at radius 2 is 2.03 bits per heavy atom. The number of amides is 2. The van der Waals surface area contributed by atoms with Crippen molar-refractivity contribution < 1.29 is 19.1 Å². The molecule has 2 amide bonds. The fourth-order valence-corrected chi connectivity index (χ4v) is 4.76. The number of nitrogens with zero attached hydrogens (tertiary/aromatic N) is 2. The van der Waals surface area contributed by atoms with Crippen LogP contribution in [-0.2, 0) is 24.5 Å². The largest absolute Gasteiger partial charge is 0.491 e. The minimum Gasteiger partial charge on any atom is -0.491 e. The van der Waals surface area contributed by atoms with E-state index in [1.54, 1.807) is 24.2 Å². The van der Waals surface area contributed by atoms with Crippen molar-refractivity contribution in [1.29, 1.82) is 0 Å². The van der Waals surface area contributed by atoms with Gasteiger partial charge in [0.2, 0.25) is 11.7 Å². The van der Waals surface area contributed by atoms with E-state index in [1.807, 2.05) is 36.4 Å². The first-order chi connectivity index (χ1) is 14.1. The molecule has 1 aromatic carbocycles. The lowest BCUT2D eigenvalue weighted by Crippen LogP contribution is -2.43. The first-order valence-corrected chi connectivity index (χ1v) is 9.71. The van der Waals surface area contributed by atoms with Gasteiger partial charge in [0.1, 0.15) is 24.4 Å².